The summed E-state index contributed by atoms with van der Waals surface area (Å²) < 4.78 is 26.8. The van der Waals surface area contributed by atoms with E-state index in [0.717, 1.165) is 18.8 Å². The molecule has 0 amide bonds. The van der Waals surface area contributed by atoms with Crippen molar-refractivity contribution in [3.63, 3.8) is 0 Å². The topological polar surface area (TPSA) is 74.8 Å². The van der Waals surface area contributed by atoms with Crippen LogP contribution in [-0.4, -0.2) is 25.2 Å². The van der Waals surface area contributed by atoms with Crippen LogP contribution in [0.15, 0.2) is 11.1 Å². The summed E-state index contributed by atoms with van der Waals surface area (Å²) in [6.07, 6.45) is 6.01. The molecule has 5 nitrogen and oxygen atoms in total. The molecule has 0 saturated heterocycles. The molecule has 6 heteroatoms. The third kappa shape index (κ3) is 3.11. The van der Waals surface area contributed by atoms with Crippen LogP contribution in [0.5, 0.6) is 0 Å². The number of hydrogen-bond acceptors (Lipinski definition) is 3. The zero-order valence-corrected chi connectivity index (χ0v) is 11.8. The Hall–Kier alpha value is -0.880. The fourth-order valence-electron chi connectivity index (χ4n) is 2.45. The first-order valence-corrected chi connectivity index (χ1v) is 7.97. The van der Waals surface area contributed by atoms with Gasteiger partial charge in [-0.15, -0.1) is 0 Å². The van der Waals surface area contributed by atoms with Crippen LogP contribution in [0.4, 0.5) is 0 Å². The highest BCUT2D eigenvalue weighted by molar-refractivity contribution is 7.89. The summed E-state index contributed by atoms with van der Waals surface area (Å²) in [6.45, 7) is 4.51. The van der Waals surface area contributed by atoms with E-state index >= 15 is 0 Å². The van der Waals surface area contributed by atoms with Crippen molar-refractivity contribution >= 4 is 10.0 Å². The number of aryl methyl sites for hydroxylation is 1. The Morgan fingerprint density at radius 2 is 2.06 bits per heavy atom. The van der Waals surface area contributed by atoms with Gasteiger partial charge in [-0.25, -0.2) is 13.1 Å². The predicted molar refractivity (Wildman–Crippen MR) is 69.6 cm³/mol. The van der Waals surface area contributed by atoms with Crippen LogP contribution < -0.4 is 4.72 Å². The fraction of sp³-hybridized carbons (Fsp3) is 0.750. The number of nitrogens with one attached hydrogen (secondary N) is 2. The molecule has 1 fully saturated rings. The van der Waals surface area contributed by atoms with Crippen molar-refractivity contribution in [1.82, 2.24) is 14.9 Å². The van der Waals surface area contributed by atoms with E-state index < -0.39 is 10.0 Å². The van der Waals surface area contributed by atoms with Crippen LogP contribution in [-0.2, 0) is 10.0 Å². The molecule has 1 aromatic rings. The zero-order valence-electron chi connectivity index (χ0n) is 10.9. The van der Waals surface area contributed by atoms with Crippen molar-refractivity contribution in [2.45, 2.75) is 44.4 Å². The summed E-state index contributed by atoms with van der Waals surface area (Å²) >= 11 is 0. The lowest BCUT2D eigenvalue weighted by Crippen LogP contribution is -2.31. The average Bonchev–Trinajstić information content (AvgIpc) is 2.76. The first-order valence-electron chi connectivity index (χ1n) is 6.48. The molecule has 0 radical (unpaired) electrons. The molecule has 0 aliphatic heterocycles. The Morgan fingerprint density at radius 1 is 1.39 bits per heavy atom. The highest BCUT2D eigenvalue weighted by atomic mass is 32.2. The summed E-state index contributed by atoms with van der Waals surface area (Å²) in [5.41, 5.74) is 0.583. The molecule has 0 bridgehead atoms. The maximum atomic E-state index is 12.0. The van der Waals surface area contributed by atoms with Crippen LogP contribution in [0.2, 0.25) is 0 Å². The van der Waals surface area contributed by atoms with Gasteiger partial charge in [0.1, 0.15) is 4.90 Å². The third-order valence-corrected chi connectivity index (χ3v) is 5.31. The van der Waals surface area contributed by atoms with Crippen LogP contribution in [0.3, 0.4) is 0 Å². The van der Waals surface area contributed by atoms with Crippen molar-refractivity contribution in [2.24, 2.45) is 11.8 Å². The van der Waals surface area contributed by atoms with E-state index in [9.17, 15) is 8.42 Å². The van der Waals surface area contributed by atoms with E-state index in [2.05, 4.69) is 21.8 Å². The largest absolute Gasteiger partial charge is 0.281 e. The second-order valence-electron chi connectivity index (χ2n) is 5.34. The van der Waals surface area contributed by atoms with Gasteiger partial charge in [0.2, 0.25) is 10.0 Å². The molecule has 18 heavy (non-hydrogen) atoms. The van der Waals surface area contributed by atoms with Crippen molar-refractivity contribution in [2.75, 3.05) is 6.54 Å². The summed E-state index contributed by atoms with van der Waals surface area (Å²) in [5.74, 6) is 1.26. The molecular weight excluding hydrogens is 250 g/mol. The van der Waals surface area contributed by atoms with Crippen molar-refractivity contribution in [1.29, 1.82) is 0 Å². The smallest absolute Gasteiger partial charge is 0.243 e. The molecule has 0 spiro atoms. The van der Waals surface area contributed by atoms with E-state index in [1.807, 2.05) is 0 Å². The molecule has 102 valence electrons. The number of rotatable bonds is 4. The van der Waals surface area contributed by atoms with Gasteiger partial charge >= 0.3 is 0 Å². The summed E-state index contributed by atoms with van der Waals surface area (Å²) in [4.78, 5) is 0.256. The van der Waals surface area contributed by atoms with E-state index in [4.69, 9.17) is 0 Å². The standard InChI is InChI=1S/C12H21N3O2S/c1-9-3-5-11(6-4-9)7-14-18(16,17)12-8-13-15-10(12)2/h8-9,11,14H,3-7H2,1-2H3,(H,13,15). The average molecular weight is 271 g/mol. The number of hydrogen-bond donors (Lipinski definition) is 2. The Kier molecular flexibility index (Phi) is 4.07. The molecule has 1 aliphatic rings. The lowest BCUT2D eigenvalue weighted by Gasteiger charge is -2.26. The highest BCUT2D eigenvalue weighted by Gasteiger charge is 2.22. The Bertz CT molecular complexity index is 487. The summed E-state index contributed by atoms with van der Waals surface area (Å²) in [7, 11) is -3.40. The number of aromatic nitrogens is 2. The van der Waals surface area contributed by atoms with Gasteiger partial charge in [0.25, 0.3) is 0 Å². The molecule has 2 rings (SSSR count). The normalized spacial score (nSPS) is 25.2. The van der Waals surface area contributed by atoms with E-state index in [0.29, 0.717) is 18.2 Å². The van der Waals surface area contributed by atoms with Gasteiger partial charge in [0.15, 0.2) is 0 Å². The summed E-state index contributed by atoms with van der Waals surface area (Å²) in [5, 5.41) is 6.40. The molecule has 0 aromatic carbocycles. The summed E-state index contributed by atoms with van der Waals surface area (Å²) in [6, 6.07) is 0. The minimum atomic E-state index is -3.40. The molecule has 0 atom stereocenters. The van der Waals surface area contributed by atoms with Crippen molar-refractivity contribution < 1.29 is 8.42 Å². The molecule has 0 unspecified atom stereocenters. The number of aromatic amines is 1. The lowest BCUT2D eigenvalue weighted by atomic mass is 9.83. The van der Waals surface area contributed by atoms with E-state index in [-0.39, 0.29) is 4.90 Å². The van der Waals surface area contributed by atoms with Gasteiger partial charge in [-0.1, -0.05) is 19.8 Å². The van der Waals surface area contributed by atoms with E-state index in [1.165, 1.54) is 19.0 Å². The van der Waals surface area contributed by atoms with E-state index in [1.54, 1.807) is 6.92 Å². The predicted octanol–water partition coefficient (Wildman–Crippen LogP) is 1.82. The molecule has 1 aromatic heterocycles. The van der Waals surface area contributed by atoms with Gasteiger partial charge in [-0.2, -0.15) is 5.10 Å². The Morgan fingerprint density at radius 3 is 2.61 bits per heavy atom. The lowest BCUT2D eigenvalue weighted by molar-refractivity contribution is 0.290. The van der Waals surface area contributed by atoms with Crippen LogP contribution in [0, 0.1) is 18.8 Å². The minimum Gasteiger partial charge on any atom is -0.281 e. The van der Waals surface area contributed by atoms with Crippen LogP contribution in [0.25, 0.3) is 0 Å². The number of nitrogens with zero attached hydrogens (tertiary/aromatic N) is 1. The van der Waals surface area contributed by atoms with Crippen LogP contribution in [0.1, 0.15) is 38.3 Å². The fourth-order valence-corrected chi connectivity index (χ4v) is 3.70. The van der Waals surface area contributed by atoms with Gasteiger partial charge in [0.05, 0.1) is 11.9 Å². The van der Waals surface area contributed by atoms with Crippen molar-refractivity contribution in [3.05, 3.63) is 11.9 Å². The molecular formula is C12H21N3O2S. The van der Waals surface area contributed by atoms with Gasteiger partial charge in [-0.05, 0) is 31.6 Å². The maximum absolute atomic E-state index is 12.0. The zero-order chi connectivity index (χ0) is 13.2. The van der Waals surface area contributed by atoms with Gasteiger partial charge in [-0.3, -0.25) is 5.10 Å². The highest BCUT2D eigenvalue weighted by Crippen LogP contribution is 2.28. The Balaban J connectivity index is 1.92. The molecule has 1 saturated carbocycles. The quantitative estimate of drug-likeness (QED) is 0.877. The first kappa shape index (κ1) is 13.5. The van der Waals surface area contributed by atoms with Gasteiger partial charge in [0, 0.05) is 6.54 Å². The second-order valence-corrected chi connectivity index (χ2v) is 7.07. The number of sulfonamides is 1. The Labute approximate surface area is 108 Å². The SMILES string of the molecule is Cc1[nH]ncc1S(=O)(=O)NCC1CCC(C)CC1. The third-order valence-electron chi connectivity index (χ3n) is 3.77. The number of H-pyrrole nitrogens is 1. The molecule has 1 aliphatic carbocycles. The van der Waals surface area contributed by atoms with Crippen LogP contribution >= 0.6 is 0 Å². The molecule has 2 N–H and O–H groups in total. The molecule has 1 heterocycles. The minimum absolute atomic E-state index is 0.256. The monoisotopic (exact) mass is 271 g/mol. The van der Waals surface area contributed by atoms with Crippen molar-refractivity contribution in [3.8, 4) is 0 Å². The first-order chi connectivity index (χ1) is 8.49. The van der Waals surface area contributed by atoms with Gasteiger partial charge < -0.3 is 0 Å². The maximum Gasteiger partial charge on any atom is 0.243 e. The second kappa shape index (κ2) is 5.40.